The zero-order chi connectivity index (χ0) is 13.4. The third-order valence-electron chi connectivity index (χ3n) is 3.59. The van der Waals surface area contributed by atoms with Crippen molar-refractivity contribution in [1.82, 2.24) is 20.4 Å². The average Bonchev–Trinajstić information content (AvgIpc) is 2.94. The SMILES string of the molecule is Cc1nn(C)c2sc(C(=O)NC3CCNCC3)cc12.Cl. The molecule has 20 heavy (non-hydrogen) atoms. The predicted octanol–water partition coefficient (Wildman–Crippen LogP) is 1.85. The molecule has 1 fully saturated rings. The summed E-state index contributed by atoms with van der Waals surface area (Å²) in [6, 6.07) is 2.26. The molecule has 2 aromatic rings. The van der Waals surface area contributed by atoms with Crippen molar-refractivity contribution in [2.75, 3.05) is 13.1 Å². The second kappa shape index (κ2) is 6.11. The maximum atomic E-state index is 12.3. The lowest BCUT2D eigenvalue weighted by Gasteiger charge is -2.23. The van der Waals surface area contributed by atoms with E-state index in [-0.39, 0.29) is 18.3 Å². The lowest BCUT2D eigenvalue weighted by molar-refractivity contribution is 0.0934. The molecule has 1 amide bonds. The molecule has 0 spiro atoms. The molecular formula is C13H19ClN4OS. The molecule has 0 radical (unpaired) electrons. The quantitative estimate of drug-likeness (QED) is 0.889. The highest BCUT2D eigenvalue weighted by molar-refractivity contribution is 7.20. The van der Waals surface area contributed by atoms with Gasteiger partial charge in [0, 0.05) is 18.5 Å². The highest BCUT2D eigenvalue weighted by Gasteiger charge is 2.19. The molecule has 1 aliphatic rings. The number of aromatic nitrogens is 2. The Labute approximate surface area is 128 Å². The van der Waals surface area contributed by atoms with Crippen LogP contribution in [0, 0.1) is 6.92 Å². The van der Waals surface area contributed by atoms with Gasteiger partial charge in [0.1, 0.15) is 4.83 Å². The third kappa shape index (κ3) is 2.82. The first-order valence-corrected chi connectivity index (χ1v) is 7.41. The molecule has 7 heteroatoms. The number of fused-ring (bicyclic) bond motifs is 1. The van der Waals surface area contributed by atoms with Gasteiger partial charge in [-0.3, -0.25) is 9.48 Å². The van der Waals surface area contributed by atoms with Gasteiger partial charge in [-0.05, 0) is 38.9 Å². The number of aryl methyl sites for hydroxylation is 2. The Morgan fingerprint density at radius 1 is 1.50 bits per heavy atom. The highest BCUT2D eigenvalue weighted by atomic mass is 35.5. The number of hydrogen-bond donors (Lipinski definition) is 2. The minimum Gasteiger partial charge on any atom is -0.349 e. The summed E-state index contributed by atoms with van der Waals surface area (Å²) >= 11 is 1.51. The highest BCUT2D eigenvalue weighted by Crippen LogP contribution is 2.27. The summed E-state index contributed by atoms with van der Waals surface area (Å²) in [5.74, 6) is 0.0486. The molecule has 3 rings (SSSR count). The molecule has 0 atom stereocenters. The van der Waals surface area contributed by atoms with Gasteiger partial charge in [-0.2, -0.15) is 5.10 Å². The molecule has 5 nitrogen and oxygen atoms in total. The minimum atomic E-state index is 0. The van der Waals surface area contributed by atoms with E-state index in [0.717, 1.165) is 46.7 Å². The van der Waals surface area contributed by atoms with E-state index in [9.17, 15) is 4.79 Å². The lowest BCUT2D eigenvalue weighted by Crippen LogP contribution is -2.42. The van der Waals surface area contributed by atoms with Crippen molar-refractivity contribution in [3.05, 3.63) is 16.6 Å². The van der Waals surface area contributed by atoms with Crippen molar-refractivity contribution in [2.24, 2.45) is 7.05 Å². The molecular weight excluding hydrogens is 296 g/mol. The van der Waals surface area contributed by atoms with Crippen LogP contribution < -0.4 is 10.6 Å². The Morgan fingerprint density at radius 2 is 2.20 bits per heavy atom. The number of thiophene rings is 1. The zero-order valence-corrected chi connectivity index (χ0v) is 13.2. The van der Waals surface area contributed by atoms with Gasteiger partial charge in [0.15, 0.2) is 0 Å². The molecule has 0 saturated carbocycles. The number of rotatable bonds is 2. The van der Waals surface area contributed by atoms with Crippen LogP contribution in [0.5, 0.6) is 0 Å². The Bertz CT molecular complexity index is 581. The smallest absolute Gasteiger partial charge is 0.261 e. The van der Waals surface area contributed by atoms with Gasteiger partial charge in [-0.15, -0.1) is 23.7 Å². The predicted molar refractivity (Wildman–Crippen MR) is 83.9 cm³/mol. The standard InChI is InChI=1S/C13H18N4OS.ClH/c1-8-10-7-11(19-13(10)17(2)16-8)12(18)15-9-3-5-14-6-4-9;/h7,9,14H,3-6H2,1-2H3,(H,15,18);1H. The van der Waals surface area contributed by atoms with E-state index in [2.05, 4.69) is 15.7 Å². The molecule has 2 N–H and O–H groups in total. The molecule has 1 saturated heterocycles. The van der Waals surface area contributed by atoms with Crippen LogP contribution in [-0.4, -0.2) is 34.8 Å². The first kappa shape index (κ1) is 15.3. The number of carbonyl (C=O) groups excluding carboxylic acids is 1. The Balaban J connectivity index is 0.00000147. The van der Waals surface area contributed by atoms with Crippen molar-refractivity contribution >= 4 is 39.9 Å². The van der Waals surface area contributed by atoms with E-state index < -0.39 is 0 Å². The molecule has 0 aliphatic carbocycles. The van der Waals surface area contributed by atoms with Crippen LogP contribution in [-0.2, 0) is 7.05 Å². The summed E-state index contributed by atoms with van der Waals surface area (Å²) in [5, 5.41) is 11.9. The van der Waals surface area contributed by atoms with Gasteiger partial charge in [-0.25, -0.2) is 0 Å². The van der Waals surface area contributed by atoms with E-state index in [0.29, 0.717) is 6.04 Å². The number of halogens is 1. The average molecular weight is 315 g/mol. The lowest BCUT2D eigenvalue weighted by atomic mass is 10.1. The summed E-state index contributed by atoms with van der Waals surface area (Å²) in [6.45, 7) is 3.95. The molecule has 1 aliphatic heterocycles. The van der Waals surface area contributed by atoms with Gasteiger partial charge in [0.05, 0.1) is 10.6 Å². The van der Waals surface area contributed by atoms with Gasteiger partial charge in [-0.1, -0.05) is 0 Å². The summed E-state index contributed by atoms with van der Waals surface area (Å²) in [7, 11) is 1.92. The summed E-state index contributed by atoms with van der Waals surface area (Å²) < 4.78 is 1.84. The van der Waals surface area contributed by atoms with E-state index in [4.69, 9.17) is 0 Å². The van der Waals surface area contributed by atoms with Crippen LogP contribution in [0.3, 0.4) is 0 Å². The monoisotopic (exact) mass is 314 g/mol. The van der Waals surface area contributed by atoms with E-state index in [1.807, 2.05) is 24.7 Å². The van der Waals surface area contributed by atoms with E-state index in [1.54, 1.807) is 0 Å². The van der Waals surface area contributed by atoms with Crippen molar-refractivity contribution < 1.29 is 4.79 Å². The molecule has 0 bridgehead atoms. The largest absolute Gasteiger partial charge is 0.349 e. The fourth-order valence-electron chi connectivity index (χ4n) is 2.54. The molecule has 2 aromatic heterocycles. The summed E-state index contributed by atoms with van der Waals surface area (Å²) in [6.07, 6.45) is 2.02. The third-order valence-corrected chi connectivity index (χ3v) is 4.79. The van der Waals surface area contributed by atoms with Gasteiger partial charge < -0.3 is 10.6 Å². The van der Waals surface area contributed by atoms with Crippen LogP contribution in [0.2, 0.25) is 0 Å². The second-order valence-electron chi connectivity index (χ2n) is 5.04. The summed E-state index contributed by atoms with van der Waals surface area (Å²) in [4.78, 5) is 14.1. The van der Waals surface area contributed by atoms with Crippen LogP contribution in [0.1, 0.15) is 28.2 Å². The molecule has 110 valence electrons. The topological polar surface area (TPSA) is 59.0 Å². The number of amides is 1. The van der Waals surface area contributed by atoms with Crippen LogP contribution in [0.25, 0.3) is 10.2 Å². The second-order valence-corrected chi connectivity index (χ2v) is 6.07. The zero-order valence-electron chi connectivity index (χ0n) is 11.6. The Morgan fingerprint density at radius 3 is 2.85 bits per heavy atom. The fraction of sp³-hybridized carbons (Fsp3) is 0.538. The molecule has 0 aromatic carbocycles. The van der Waals surface area contributed by atoms with E-state index in [1.165, 1.54) is 11.3 Å². The number of hydrogen-bond acceptors (Lipinski definition) is 4. The van der Waals surface area contributed by atoms with Gasteiger partial charge in [0.25, 0.3) is 5.91 Å². The van der Waals surface area contributed by atoms with Crippen LogP contribution in [0.4, 0.5) is 0 Å². The number of nitrogens with one attached hydrogen (secondary N) is 2. The maximum Gasteiger partial charge on any atom is 0.261 e. The Kier molecular flexibility index (Phi) is 4.67. The molecule has 0 unspecified atom stereocenters. The Hall–Kier alpha value is -1.11. The van der Waals surface area contributed by atoms with Crippen molar-refractivity contribution in [3.63, 3.8) is 0 Å². The number of carbonyl (C=O) groups is 1. The van der Waals surface area contributed by atoms with Crippen molar-refractivity contribution in [3.8, 4) is 0 Å². The molecule has 3 heterocycles. The maximum absolute atomic E-state index is 12.3. The van der Waals surface area contributed by atoms with Crippen LogP contribution >= 0.6 is 23.7 Å². The first-order chi connectivity index (χ1) is 9.15. The minimum absolute atomic E-state index is 0. The number of nitrogens with zero attached hydrogens (tertiary/aromatic N) is 2. The van der Waals surface area contributed by atoms with Crippen molar-refractivity contribution in [1.29, 1.82) is 0 Å². The first-order valence-electron chi connectivity index (χ1n) is 6.60. The number of piperidine rings is 1. The van der Waals surface area contributed by atoms with Crippen molar-refractivity contribution in [2.45, 2.75) is 25.8 Å². The van der Waals surface area contributed by atoms with E-state index >= 15 is 0 Å². The normalized spacial score (nSPS) is 16.1. The summed E-state index contributed by atoms with van der Waals surface area (Å²) in [5.41, 5.74) is 0.981. The van der Waals surface area contributed by atoms with Crippen LogP contribution in [0.15, 0.2) is 6.07 Å². The van der Waals surface area contributed by atoms with Gasteiger partial charge in [0.2, 0.25) is 0 Å². The fourth-order valence-corrected chi connectivity index (χ4v) is 3.57. The van der Waals surface area contributed by atoms with Gasteiger partial charge >= 0.3 is 0 Å².